The van der Waals surface area contributed by atoms with E-state index in [9.17, 15) is 4.79 Å². The van der Waals surface area contributed by atoms with Crippen LogP contribution in [0.15, 0.2) is 48.5 Å². The van der Waals surface area contributed by atoms with Gasteiger partial charge in [-0.05, 0) is 43.0 Å². The van der Waals surface area contributed by atoms with Gasteiger partial charge in [-0.25, -0.2) is 0 Å². The van der Waals surface area contributed by atoms with Crippen LogP contribution in [0.1, 0.15) is 30.9 Å². The summed E-state index contributed by atoms with van der Waals surface area (Å²) in [5.74, 6) is 0.0539. The highest BCUT2D eigenvalue weighted by atomic mass is 16.1. The Kier molecular flexibility index (Phi) is 5.73. The summed E-state index contributed by atoms with van der Waals surface area (Å²) in [4.78, 5) is 11.8. The van der Waals surface area contributed by atoms with E-state index in [2.05, 4.69) is 48.6 Å². The molecule has 1 unspecified atom stereocenters. The average Bonchev–Trinajstić information content (AvgIpc) is 2.51. The third-order valence-electron chi connectivity index (χ3n) is 3.59. The number of amides is 1. The molecule has 2 aromatic rings. The lowest BCUT2D eigenvalue weighted by molar-refractivity contribution is -0.121. The molecule has 0 aliphatic heterocycles. The largest absolute Gasteiger partial charge is 0.352 e. The van der Waals surface area contributed by atoms with Gasteiger partial charge in [-0.15, -0.1) is 0 Å². The van der Waals surface area contributed by atoms with Crippen LogP contribution in [0.2, 0.25) is 0 Å². The number of benzene rings is 2. The summed E-state index contributed by atoms with van der Waals surface area (Å²) in [7, 11) is 0. The zero-order valence-corrected chi connectivity index (χ0v) is 13.3. The topological polar surface area (TPSA) is 55.1 Å². The molecule has 116 valence electrons. The van der Waals surface area contributed by atoms with Crippen molar-refractivity contribution in [2.45, 2.75) is 39.3 Å². The molecule has 0 aliphatic rings. The van der Waals surface area contributed by atoms with E-state index in [-0.39, 0.29) is 11.9 Å². The monoisotopic (exact) mass is 296 g/mol. The minimum Gasteiger partial charge on any atom is -0.352 e. The lowest BCUT2D eigenvalue weighted by atomic mass is 10.0. The number of aryl methyl sites for hydroxylation is 1. The van der Waals surface area contributed by atoms with Crippen LogP contribution in [0.5, 0.6) is 0 Å². The maximum atomic E-state index is 11.8. The van der Waals surface area contributed by atoms with E-state index in [1.165, 1.54) is 16.7 Å². The fourth-order valence-corrected chi connectivity index (χ4v) is 2.33. The van der Waals surface area contributed by atoms with Crippen LogP contribution in [0.25, 0.3) is 11.1 Å². The molecule has 1 atom stereocenters. The van der Waals surface area contributed by atoms with Crippen LogP contribution in [0, 0.1) is 6.92 Å². The summed E-state index contributed by atoms with van der Waals surface area (Å²) < 4.78 is 0. The fraction of sp³-hybridized carbons (Fsp3) is 0.316. The van der Waals surface area contributed by atoms with Gasteiger partial charge in [0.2, 0.25) is 5.91 Å². The smallest absolute Gasteiger partial charge is 0.220 e. The first-order valence-corrected chi connectivity index (χ1v) is 7.73. The molecule has 0 aromatic heterocycles. The van der Waals surface area contributed by atoms with E-state index in [0.717, 1.165) is 12.0 Å². The maximum Gasteiger partial charge on any atom is 0.220 e. The molecular formula is C19H24N2O. The van der Waals surface area contributed by atoms with Crippen molar-refractivity contribution in [3.05, 3.63) is 59.7 Å². The predicted octanol–water partition coefficient (Wildman–Crippen LogP) is 3.41. The van der Waals surface area contributed by atoms with E-state index < -0.39 is 0 Å². The van der Waals surface area contributed by atoms with E-state index in [4.69, 9.17) is 5.73 Å². The SMILES string of the molecule is Cc1cccc(-c2cccc(CNC(=O)CCC(C)N)c2)c1. The highest BCUT2D eigenvalue weighted by molar-refractivity contribution is 5.76. The Morgan fingerprint density at radius 3 is 2.50 bits per heavy atom. The van der Waals surface area contributed by atoms with E-state index in [1.807, 2.05) is 19.1 Å². The molecule has 0 saturated carbocycles. The Bertz CT molecular complexity index is 635. The zero-order valence-electron chi connectivity index (χ0n) is 13.3. The molecule has 0 radical (unpaired) electrons. The summed E-state index contributed by atoms with van der Waals surface area (Å²) >= 11 is 0. The summed E-state index contributed by atoms with van der Waals surface area (Å²) in [6, 6.07) is 16.8. The molecule has 0 saturated heterocycles. The minimum atomic E-state index is 0.0539. The predicted molar refractivity (Wildman–Crippen MR) is 91.3 cm³/mol. The second kappa shape index (κ2) is 7.76. The molecule has 22 heavy (non-hydrogen) atoms. The molecule has 2 aromatic carbocycles. The van der Waals surface area contributed by atoms with Gasteiger partial charge in [0.15, 0.2) is 0 Å². The number of hydrogen-bond donors (Lipinski definition) is 2. The molecule has 0 spiro atoms. The molecule has 3 N–H and O–H groups in total. The summed E-state index contributed by atoms with van der Waals surface area (Å²) in [5, 5.41) is 2.95. The highest BCUT2D eigenvalue weighted by Crippen LogP contribution is 2.21. The quantitative estimate of drug-likeness (QED) is 0.858. The Morgan fingerprint density at radius 1 is 1.14 bits per heavy atom. The second-order valence-electron chi connectivity index (χ2n) is 5.86. The van der Waals surface area contributed by atoms with Crippen molar-refractivity contribution in [2.75, 3.05) is 0 Å². The molecule has 0 heterocycles. The fourth-order valence-electron chi connectivity index (χ4n) is 2.33. The van der Waals surface area contributed by atoms with Crippen LogP contribution < -0.4 is 11.1 Å². The molecule has 0 bridgehead atoms. The van der Waals surface area contributed by atoms with Gasteiger partial charge >= 0.3 is 0 Å². The second-order valence-corrected chi connectivity index (χ2v) is 5.86. The number of carbonyl (C=O) groups excluding carboxylic acids is 1. The van der Waals surface area contributed by atoms with Crippen LogP contribution in [0.4, 0.5) is 0 Å². The Hall–Kier alpha value is -2.13. The highest BCUT2D eigenvalue weighted by Gasteiger charge is 2.04. The first-order chi connectivity index (χ1) is 10.5. The van der Waals surface area contributed by atoms with Gasteiger partial charge in [-0.3, -0.25) is 4.79 Å². The van der Waals surface area contributed by atoms with Crippen LogP contribution >= 0.6 is 0 Å². The van der Waals surface area contributed by atoms with Gasteiger partial charge in [-0.1, -0.05) is 48.0 Å². The molecule has 3 nitrogen and oxygen atoms in total. The van der Waals surface area contributed by atoms with Crippen molar-refractivity contribution < 1.29 is 4.79 Å². The summed E-state index contributed by atoms with van der Waals surface area (Å²) in [6.45, 7) is 4.56. The van der Waals surface area contributed by atoms with Crippen LogP contribution in [-0.4, -0.2) is 11.9 Å². The van der Waals surface area contributed by atoms with Crippen molar-refractivity contribution in [2.24, 2.45) is 5.73 Å². The van der Waals surface area contributed by atoms with Gasteiger partial charge in [0.1, 0.15) is 0 Å². The standard InChI is InChI=1S/C19H24N2O/c1-14-5-3-7-17(11-14)18-8-4-6-16(12-18)13-21-19(22)10-9-15(2)20/h3-8,11-12,15H,9-10,13,20H2,1-2H3,(H,21,22). The van der Waals surface area contributed by atoms with Crippen molar-refractivity contribution in [1.29, 1.82) is 0 Å². The van der Waals surface area contributed by atoms with Crippen molar-refractivity contribution in [3.8, 4) is 11.1 Å². The summed E-state index contributed by atoms with van der Waals surface area (Å²) in [5.41, 5.74) is 10.4. The van der Waals surface area contributed by atoms with Crippen LogP contribution in [0.3, 0.4) is 0 Å². The normalized spacial score (nSPS) is 12.0. The van der Waals surface area contributed by atoms with Gasteiger partial charge in [0, 0.05) is 19.0 Å². The van der Waals surface area contributed by atoms with E-state index >= 15 is 0 Å². The first kappa shape index (κ1) is 16.2. The molecule has 0 fully saturated rings. The Labute approximate surface area is 132 Å². The van der Waals surface area contributed by atoms with Crippen molar-refractivity contribution >= 4 is 5.91 Å². The van der Waals surface area contributed by atoms with Gasteiger partial charge in [-0.2, -0.15) is 0 Å². The lowest BCUT2D eigenvalue weighted by Gasteiger charge is -2.09. The molecule has 0 aliphatic carbocycles. The number of nitrogens with one attached hydrogen (secondary N) is 1. The van der Waals surface area contributed by atoms with Crippen molar-refractivity contribution in [3.63, 3.8) is 0 Å². The molecule has 3 heteroatoms. The van der Waals surface area contributed by atoms with Gasteiger partial charge in [0.05, 0.1) is 0 Å². The summed E-state index contributed by atoms with van der Waals surface area (Å²) in [6.07, 6.45) is 1.20. The maximum absolute atomic E-state index is 11.8. The Morgan fingerprint density at radius 2 is 1.82 bits per heavy atom. The van der Waals surface area contributed by atoms with Crippen LogP contribution in [-0.2, 0) is 11.3 Å². The third-order valence-corrected chi connectivity index (χ3v) is 3.59. The minimum absolute atomic E-state index is 0.0539. The average molecular weight is 296 g/mol. The number of hydrogen-bond acceptors (Lipinski definition) is 2. The third kappa shape index (κ3) is 5.01. The van der Waals surface area contributed by atoms with Gasteiger partial charge in [0.25, 0.3) is 0 Å². The number of nitrogens with two attached hydrogens (primary N) is 1. The number of carbonyl (C=O) groups is 1. The molecule has 2 rings (SSSR count). The van der Waals surface area contributed by atoms with Crippen molar-refractivity contribution in [1.82, 2.24) is 5.32 Å². The molecule has 1 amide bonds. The lowest BCUT2D eigenvalue weighted by Crippen LogP contribution is -2.25. The number of rotatable bonds is 6. The Balaban J connectivity index is 1.99. The van der Waals surface area contributed by atoms with Gasteiger partial charge < -0.3 is 11.1 Å². The first-order valence-electron chi connectivity index (χ1n) is 7.73. The van der Waals surface area contributed by atoms with E-state index in [1.54, 1.807) is 0 Å². The molecular weight excluding hydrogens is 272 g/mol. The zero-order chi connectivity index (χ0) is 15.9. The van der Waals surface area contributed by atoms with E-state index in [0.29, 0.717) is 13.0 Å².